The van der Waals surface area contributed by atoms with Gasteiger partial charge in [-0.1, -0.05) is 81.8 Å². The molecule has 1 aliphatic carbocycles. The van der Waals surface area contributed by atoms with Crippen molar-refractivity contribution in [2.45, 2.75) is 115 Å². The van der Waals surface area contributed by atoms with E-state index in [4.69, 9.17) is 16.3 Å². The molecule has 1 heterocycles. The van der Waals surface area contributed by atoms with Gasteiger partial charge < -0.3 is 31.1 Å². The Hall–Kier alpha value is -3.63. The molecule has 2 aromatic rings. The Labute approximate surface area is 282 Å². The van der Waals surface area contributed by atoms with E-state index in [0.717, 1.165) is 24.0 Å². The average molecular weight is 669 g/mol. The van der Waals surface area contributed by atoms with Gasteiger partial charge in [-0.15, -0.1) is 0 Å². The molecule has 1 aliphatic heterocycles. The lowest BCUT2D eigenvalue weighted by Crippen LogP contribution is -2.56. The zero-order valence-corrected chi connectivity index (χ0v) is 28.9. The predicted octanol–water partition coefficient (Wildman–Crippen LogP) is 4.93. The molecule has 256 valence electrons. The molecule has 0 radical (unpaired) electrons. The van der Waals surface area contributed by atoms with Crippen LogP contribution in [0.1, 0.15) is 90.9 Å². The first-order valence-corrected chi connectivity index (χ1v) is 16.8. The van der Waals surface area contributed by atoms with Crippen molar-refractivity contribution in [1.29, 1.82) is 0 Å². The molecule has 2 aliphatic rings. The molecule has 1 saturated carbocycles. The van der Waals surface area contributed by atoms with E-state index in [1.54, 1.807) is 6.07 Å². The van der Waals surface area contributed by atoms with Gasteiger partial charge in [0.15, 0.2) is 6.10 Å². The summed E-state index contributed by atoms with van der Waals surface area (Å²) < 4.78 is 6.10. The standard InChI is InChI=1S/C36H49ClN4O6/c1-21(2)17-28(32(44)39-27(29(42)33(45)38-26-15-16-26)18-23-20-35(3,4)41-31(23)43)40-34(46)47-30(22-11-8-7-9-12-22)36(5,6)24-13-10-14-25(37)19-24/h7-14,19,21,23,26-30,42H,15-18,20H2,1-6H3,(H,38,45)(H,39,44)(H,40,46)(H,41,43)/t23?,27?,28-,29?,30?/m0/s1. The van der Waals surface area contributed by atoms with Crippen LogP contribution in [0.4, 0.5) is 4.79 Å². The number of hydrogen-bond donors (Lipinski definition) is 5. The molecule has 11 heteroatoms. The molecule has 4 rings (SSSR count). The molecule has 2 fully saturated rings. The van der Waals surface area contributed by atoms with Crippen molar-refractivity contribution in [3.63, 3.8) is 0 Å². The number of rotatable bonds is 14. The number of ether oxygens (including phenoxy) is 1. The fourth-order valence-corrected chi connectivity index (χ4v) is 6.42. The average Bonchev–Trinajstić information content (AvgIpc) is 3.77. The predicted molar refractivity (Wildman–Crippen MR) is 181 cm³/mol. The minimum Gasteiger partial charge on any atom is -0.440 e. The summed E-state index contributed by atoms with van der Waals surface area (Å²) in [6.07, 6.45) is -0.650. The largest absolute Gasteiger partial charge is 0.440 e. The molecule has 1 saturated heterocycles. The van der Waals surface area contributed by atoms with Crippen molar-refractivity contribution in [3.05, 3.63) is 70.7 Å². The molecule has 5 N–H and O–H groups in total. The normalized spacial score (nSPS) is 20.0. The molecular formula is C36H49ClN4O6. The first-order chi connectivity index (χ1) is 22.1. The van der Waals surface area contributed by atoms with E-state index in [2.05, 4.69) is 21.3 Å². The number of carbonyl (C=O) groups is 4. The van der Waals surface area contributed by atoms with Crippen molar-refractivity contribution in [1.82, 2.24) is 21.3 Å². The number of amides is 4. The van der Waals surface area contributed by atoms with Gasteiger partial charge in [0.05, 0.1) is 6.04 Å². The maximum atomic E-state index is 13.8. The minimum atomic E-state index is -1.58. The number of benzene rings is 2. The summed E-state index contributed by atoms with van der Waals surface area (Å²) in [5.41, 5.74) is 0.472. The highest BCUT2D eigenvalue weighted by Gasteiger charge is 2.42. The molecule has 5 atom stereocenters. The second kappa shape index (κ2) is 15.1. The van der Waals surface area contributed by atoms with Gasteiger partial charge in [-0.25, -0.2) is 4.79 Å². The molecule has 4 unspecified atom stereocenters. The number of alkyl carbamates (subject to hydrolysis) is 1. The van der Waals surface area contributed by atoms with Crippen LogP contribution in [0.15, 0.2) is 54.6 Å². The molecule has 2 aromatic carbocycles. The van der Waals surface area contributed by atoms with Gasteiger partial charge in [-0.05, 0) is 75.1 Å². The smallest absolute Gasteiger partial charge is 0.408 e. The number of aliphatic hydroxyl groups excluding tert-OH is 1. The van der Waals surface area contributed by atoms with E-state index < -0.39 is 59.1 Å². The van der Waals surface area contributed by atoms with Crippen LogP contribution in [0.2, 0.25) is 5.02 Å². The first-order valence-electron chi connectivity index (χ1n) is 16.4. The zero-order valence-electron chi connectivity index (χ0n) is 28.1. The fraction of sp³-hybridized carbons (Fsp3) is 0.556. The van der Waals surface area contributed by atoms with Crippen LogP contribution in [0.25, 0.3) is 0 Å². The Kier molecular flexibility index (Phi) is 11.6. The van der Waals surface area contributed by atoms with Crippen LogP contribution >= 0.6 is 11.6 Å². The van der Waals surface area contributed by atoms with Crippen LogP contribution in [0.3, 0.4) is 0 Å². The van der Waals surface area contributed by atoms with E-state index in [1.165, 1.54) is 0 Å². The summed E-state index contributed by atoms with van der Waals surface area (Å²) in [4.78, 5) is 53.1. The van der Waals surface area contributed by atoms with Crippen molar-refractivity contribution >= 4 is 35.4 Å². The maximum Gasteiger partial charge on any atom is 0.408 e. The van der Waals surface area contributed by atoms with E-state index in [1.807, 2.05) is 90.1 Å². The van der Waals surface area contributed by atoms with Gasteiger partial charge in [0, 0.05) is 27.9 Å². The number of hydrogen-bond acceptors (Lipinski definition) is 6. The number of nitrogens with one attached hydrogen (secondary N) is 4. The highest BCUT2D eigenvalue weighted by Crippen LogP contribution is 2.40. The highest BCUT2D eigenvalue weighted by atomic mass is 35.5. The summed E-state index contributed by atoms with van der Waals surface area (Å²) in [6.45, 7) is 11.6. The molecule has 10 nitrogen and oxygen atoms in total. The van der Waals surface area contributed by atoms with Crippen molar-refractivity contribution in [2.24, 2.45) is 11.8 Å². The summed E-state index contributed by atoms with van der Waals surface area (Å²) in [5, 5.41) is 22.9. The number of carbonyl (C=O) groups excluding carboxylic acids is 4. The van der Waals surface area contributed by atoms with Gasteiger partial charge in [0.2, 0.25) is 11.8 Å². The second-order valence-corrected chi connectivity index (χ2v) is 15.0. The van der Waals surface area contributed by atoms with Crippen molar-refractivity contribution in [2.75, 3.05) is 0 Å². The van der Waals surface area contributed by atoms with Gasteiger partial charge in [-0.2, -0.15) is 0 Å². The maximum absolute atomic E-state index is 13.8. The summed E-state index contributed by atoms with van der Waals surface area (Å²) in [6, 6.07) is 14.6. The molecule has 0 spiro atoms. The molecule has 0 bridgehead atoms. The van der Waals surface area contributed by atoms with Crippen LogP contribution in [-0.4, -0.2) is 58.7 Å². The Bertz CT molecular complexity index is 1430. The molecule has 47 heavy (non-hydrogen) atoms. The van der Waals surface area contributed by atoms with E-state index in [-0.39, 0.29) is 30.7 Å². The minimum absolute atomic E-state index is 0.000984. The van der Waals surface area contributed by atoms with Crippen LogP contribution in [0.5, 0.6) is 0 Å². The quantitative estimate of drug-likeness (QED) is 0.193. The van der Waals surface area contributed by atoms with E-state index in [9.17, 15) is 24.3 Å². The number of aliphatic hydroxyl groups is 1. The third-order valence-electron chi connectivity index (χ3n) is 8.90. The van der Waals surface area contributed by atoms with Gasteiger partial charge in [0.1, 0.15) is 12.1 Å². The third-order valence-corrected chi connectivity index (χ3v) is 9.13. The highest BCUT2D eigenvalue weighted by molar-refractivity contribution is 6.30. The van der Waals surface area contributed by atoms with E-state index >= 15 is 0 Å². The summed E-state index contributed by atoms with van der Waals surface area (Å²) in [7, 11) is 0. The monoisotopic (exact) mass is 668 g/mol. The van der Waals surface area contributed by atoms with Gasteiger partial charge in [0.25, 0.3) is 5.91 Å². The fourth-order valence-electron chi connectivity index (χ4n) is 6.23. The van der Waals surface area contributed by atoms with Crippen molar-refractivity contribution < 1.29 is 29.0 Å². The van der Waals surface area contributed by atoms with E-state index in [0.29, 0.717) is 11.4 Å². The van der Waals surface area contributed by atoms with Crippen LogP contribution in [-0.2, 0) is 24.5 Å². The lowest BCUT2D eigenvalue weighted by molar-refractivity contribution is -0.134. The topological polar surface area (TPSA) is 146 Å². The summed E-state index contributed by atoms with van der Waals surface area (Å²) in [5.74, 6) is -1.89. The second-order valence-electron chi connectivity index (χ2n) is 14.6. The van der Waals surface area contributed by atoms with Crippen LogP contribution < -0.4 is 21.3 Å². The zero-order chi connectivity index (χ0) is 34.5. The first kappa shape index (κ1) is 36.2. The third kappa shape index (κ3) is 9.93. The van der Waals surface area contributed by atoms with Crippen molar-refractivity contribution in [3.8, 4) is 0 Å². The van der Waals surface area contributed by atoms with Gasteiger partial charge >= 0.3 is 6.09 Å². The summed E-state index contributed by atoms with van der Waals surface area (Å²) >= 11 is 6.32. The molecule has 0 aromatic heterocycles. The Morgan fingerprint density at radius 1 is 1.04 bits per heavy atom. The Morgan fingerprint density at radius 3 is 2.30 bits per heavy atom. The molecular weight excluding hydrogens is 620 g/mol. The Morgan fingerprint density at radius 2 is 1.72 bits per heavy atom. The Balaban J connectivity index is 1.54. The van der Waals surface area contributed by atoms with Crippen LogP contribution in [0, 0.1) is 11.8 Å². The lowest BCUT2D eigenvalue weighted by Gasteiger charge is -2.35. The van der Waals surface area contributed by atoms with Gasteiger partial charge in [-0.3, -0.25) is 14.4 Å². The lowest BCUT2D eigenvalue weighted by atomic mass is 9.76. The molecule has 4 amide bonds. The number of halogens is 1. The SMILES string of the molecule is CC(C)C[C@H](NC(=O)OC(c1ccccc1)C(C)(C)c1cccc(Cl)c1)C(=O)NC(CC1CC(C)(C)NC1=O)C(O)C(=O)NC1CC1.